The highest BCUT2D eigenvalue weighted by Crippen LogP contribution is 2.32. The first kappa shape index (κ1) is 16.1. The molecule has 2 heterocycles. The second kappa shape index (κ2) is 8.20. The van der Waals surface area contributed by atoms with Crippen molar-refractivity contribution in [3.05, 3.63) is 29.8 Å². The van der Waals surface area contributed by atoms with Crippen LogP contribution in [0.5, 0.6) is 5.75 Å². The van der Waals surface area contributed by atoms with E-state index in [2.05, 4.69) is 16.7 Å². The number of hydrogen-bond acceptors (Lipinski definition) is 3. The molecule has 1 saturated heterocycles. The maximum absolute atomic E-state index is 11.9. The summed E-state index contributed by atoms with van der Waals surface area (Å²) in [6, 6.07) is 7.98. The molecule has 1 aromatic rings. The van der Waals surface area contributed by atoms with E-state index >= 15 is 0 Å². The zero-order valence-corrected chi connectivity index (χ0v) is 13.6. The summed E-state index contributed by atoms with van der Waals surface area (Å²) in [5.41, 5.74) is 1.19. The quantitative estimate of drug-likeness (QED) is 0.877. The van der Waals surface area contributed by atoms with Gasteiger partial charge in [0.05, 0.1) is 12.7 Å². The van der Waals surface area contributed by atoms with Gasteiger partial charge in [0.25, 0.3) is 0 Å². The SMILES string of the molecule is O=C(NCC[C@@H]1CCCCO1)NC[C@H]1CCOc2ccccc21. The van der Waals surface area contributed by atoms with Gasteiger partial charge in [-0.2, -0.15) is 0 Å². The topological polar surface area (TPSA) is 59.6 Å². The largest absolute Gasteiger partial charge is 0.493 e. The van der Waals surface area contributed by atoms with E-state index in [0.717, 1.165) is 38.0 Å². The fraction of sp³-hybridized carbons (Fsp3) is 0.611. The molecule has 0 aromatic heterocycles. The maximum atomic E-state index is 11.9. The number of amides is 2. The van der Waals surface area contributed by atoms with Crippen LogP contribution in [0.4, 0.5) is 4.79 Å². The number of carbonyl (C=O) groups is 1. The lowest BCUT2D eigenvalue weighted by molar-refractivity contribution is 0.0120. The third-order valence-electron chi connectivity index (χ3n) is 4.62. The summed E-state index contributed by atoms with van der Waals surface area (Å²) >= 11 is 0. The van der Waals surface area contributed by atoms with Gasteiger partial charge in [0.15, 0.2) is 0 Å². The third kappa shape index (κ3) is 4.61. The van der Waals surface area contributed by atoms with E-state index in [1.54, 1.807) is 0 Å². The average molecular weight is 318 g/mol. The highest BCUT2D eigenvalue weighted by molar-refractivity contribution is 5.73. The van der Waals surface area contributed by atoms with Crippen molar-refractivity contribution in [3.8, 4) is 5.75 Å². The minimum Gasteiger partial charge on any atom is -0.493 e. The van der Waals surface area contributed by atoms with Crippen LogP contribution in [0.25, 0.3) is 0 Å². The lowest BCUT2D eigenvalue weighted by Crippen LogP contribution is -2.40. The van der Waals surface area contributed by atoms with Crippen molar-refractivity contribution in [2.24, 2.45) is 0 Å². The van der Waals surface area contributed by atoms with Crippen LogP contribution in [0.15, 0.2) is 24.3 Å². The summed E-state index contributed by atoms with van der Waals surface area (Å²) < 4.78 is 11.3. The van der Waals surface area contributed by atoms with Crippen molar-refractivity contribution in [1.82, 2.24) is 10.6 Å². The number of ether oxygens (including phenoxy) is 2. The normalized spacial score (nSPS) is 23.5. The number of benzene rings is 1. The van der Waals surface area contributed by atoms with Gasteiger partial charge in [-0.05, 0) is 43.7 Å². The first-order chi connectivity index (χ1) is 11.3. The van der Waals surface area contributed by atoms with Gasteiger partial charge in [-0.1, -0.05) is 18.2 Å². The van der Waals surface area contributed by atoms with Gasteiger partial charge in [0.1, 0.15) is 5.75 Å². The van der Waals surface area contributed by atoms with E-state index < -0.39 is 0 Å². The lowest BCUT2D eigenvalue weighted by atomic mass is 9.93. The van der Waals surface area contributed by atoms with Gasteiger partial charge in [-0.25, -0.2) is 4.79 Å². The van der Waals surface area contributed by atoms with E-state index in [4.69, 9.17) is 9.47 Å². The molecule has 0 saturated carbocycles. The second-order valence-corrected chi connectivity index (χ2v) is 6.29. The first-order valence-corrected chi connectivity index (χ1v) is 8.68. The van der Waals surface area contributed by atoms with Crippen LogP contribution in [-0.4, -0.2) is 38.4 Å². The Morgan fingerprint density at radius 2 is 2.04 bits per heavy atom. The molecule has 2 atom stereocenters. The summed E-state index contributed by atoms with van der Waals surface area (Å²) in [6.45, 7) is 2.89. The molecule has 5 nitrogen and oxygen atoms in total. The van der Waals surface area contributed by atoms with E-state index in [9.17, 15) is 4.79 Å². The number of fused-ring (bicyclic) bond motifs is 1. The van der Waals surface area contributed by atoms with Crippen molar-refractivity contribution in [1.29, 1.82) is 0 Å². The fourth-order valence-electron chi connectivity index (χ4n) is 3.29. The van der Waals surface area contributed by atoms with Gasteiger partial charge in [0, 0.05) is 25.6 Å². The molecular formula is C18H26N2O3. The molecule has 2 amide bonds. The summed E-state index contributed by atoms with van der Waals surface area (Å²) in [5.74, 6) is 1.27. The molecule has 2 aliphatic rings. The molecule has 2 aliphatic heterocycles. The molecule has 5 heteroatoms. The third-order valence-corrected chi connectivity index (χ3v) is 4.62. The first-order valence-electron chi connectivity index (χ1n) is 8.68. The smallest absolute Gasteiger partial charge is 0.314 e. The Kier molecular flexibility index (Phi) is 5.75. The predicted octanol–water partition coefficient (Wildman–Crippen LogP) is 2.81. The molecule has 1 aromatic carbocycles. The van der Waals surface area contributed by atoms with Gasteiger partial charge in [0.2, 0.25) is 0 Å². The van der Waals surface area contributed by atoms with Gasteiger partial charge >= 0.3 is 6.03 Å². The number of carbonyl (C=O) groups excluding carboxylic acids is 1. The standard InChI is InChI=1S/C18H26N2O3/c21-18(19-10-8-15-5-3-4-11-22-15)20-13-14-9-12-23-17-7-2-1-6-16(14)17/h1-2,6-7,14-15H,3-5,8-13H2,(H2,19,20,21)/t14-,15+/m1/s1. The zero-order chi connectivity index (χ0) is 15.9. The average Bonchev–Trinajstić information content (AvgIpc) is 2.61. The fourth-order valence-corrected chi connectivity index (χ4v) is 3.29. The minimum atomic E-state index is -0.0928. The molecule has 0 aliphatic carbocycles. The number of para-hydroxylation sites is 1. The monoisotopic (exact) mass is 318 g/mol. The number of hydrogen-bond donors (Lipinski definition) is 2. The number of nitrogens with one attached hydrogen (secondary N) is 2. The predicted molar refractivity (Wildman–Crippen MR) is 88.9 cm³/mol. The van der Waals surface area contributed by atoms with Crippen LogP contribution in [0, 0.1) is 0 Å². The Morgan fingerprint density at radius 3 is 2.91 bits per heavy atom. The molecule has 23 heavy (non-hydrogen) atoms. The Bertz CT molecular complexity index is 515. The van der Waals surface area contributed by atoms with Crippen LogP contribution in [-0.2, 0) is 4.74 Å². The van der Waals surface area contributed by atoms with E-state index in [1.807, 2.05) is 18.2 Å². The molecular weight excluding hydrogens is 292 g/mol. The van der Waals surface area contributed by atoms with Crippen molar-refractivity contribution >= 4 is 6.03 Å². The molecule has 2 N–H and O–H groups in total. The molecule has 3 rings (SSSR count). The van der Waals surface area contributed by atoms with E-state index in [-0.39, 0.29) is 6.03 Å². The van der Waals surface area contributed by atoms with E-state index in [1.165, 1.54) is 12.0 Å². The van der Waals surface area contributed by atoms with Crippen LogP contribution in [0.1, 0.15) is 43.6 Å². The van der Waals surface area contributed by atoms with Crippen LogP contribution in [0.3, 0.4) is 0 Å². The van der Waals surface area contributed by atoms with Crippen LogP contribution in [0.2, 0.25) is 0 Å². The minimum absolute atomic E-state index is 0.0928. The molecule has 1 fully saturated rings. The Balaban J connectivity index is 1.38. The lowest BCUT2D eigenvalue weighted by Gasteiger charge is -2.26. The van der Waals surface area contributed by atoms with Crippen molar-refractivity contribution < 1.29 is 14.3 Å². The molecule has 126 valence electrons. The maximum Gasteiger partial charge on any atom is 0.314 e. The van der Waals surface area contributed by atoms with Crippen LogP contribution < -0.4 is 15.4 Å². The second-order valence-electron chi connectivity index (χ2n) is 6.29. The summed E-state index contributed by atoms with van der Waals surface area (Å²) in [5, 5.41) is 5.92. The van der Waals surface area contributed by atoms with Crippen LogP contribution >= 0.6 is 0 Å². The van der Waals surface area contributed by atoms with Crippen molar-refractivity contribution in [2.75, 3.05) is 26.3 Å². The summed E-state index contributed by atoms with van der Waals surface area (Å²) in [7, 11) is 0. The van der Waals surface area contributed by atoms with Gasteiger partial charge in [-0.3, -0.25) is 0 Å². The Hall–Kier alpha value is -1.75. The van der Waals surface area contributed by atoms with Gasteiger partial charge in [-0.15, -0.1) is 0 Å². The molecule has 0 radical (unpaired) electrons. The molecule has 0 bridgehead atoms. The molecule has 0 spiro atoms. The summed E-state index contributed by atoms with van der Waals surface area (Å²) in [4.78, 5) is 11.9. The van der Waals surface area contributed by atoms with Gasteiger partial charge < -0.3 is 20.1 Å². The number of urea groups is 1. The van der Waals surface area contributed by atoms with Crippen molar-refractivity contribution in [2.45, 2.75) is 44.1 Å². The molecule has 0 unspecified atom stereocenters. The highest BCUT2D eigenvalue weighted by Gasteiger charge is 2.21. The zero-order valence-electron chi connectivity index (χ0n) is 13.6. The highest BCUT2D eigenvalue weighted by atomic mass is 16.5. The Morgan fingerprint density at radius 1 is 1.13 bits per heavy atom. The van der Waals surface area contributed by atoms with Crippen molar-refractivity contribution in [3.63, 3.8) is 0 Å². The Labute approximate surface area is 137 Å². The van der Waals surface area contributed by atoms with E-state index in [0.29, 0.717) is 31.7 Å². The summed E-state index contributed by atoms with van der Waals surface area (Å²) in [6.07, 6.45) is 5.66. The number of rotatable bonds is 5.